The first-order valence-corrected chi connectivity index (χ1v) is 10.1. The molecule has 4 nitrogen and oxygen atoms in total. The number of hydrogen-bond donors (Lipinski definition) is 0. The van der Waals surface area contributed by atoms with E-state index in [-0.39, 0.29) is 11.9 Å². The molecule has 29 heavy (non-hydrogen) atoms. The van der Waals surface area contributed by atoms with Gasteiger partial charge in [-0.1, -0.05) is 54.1 Å². The van der Waals surface area contributed by atoms with E-state index in [1.807, 2.05) is 41.3 Å². The lowest BCUT2D eigenvalue weighted by Crippen LogP contribution is -2.30. The largest absolute Gasteiger partial charge is 0.438 e. The van der Waals surface area contributed by atoms with Gasteiger partial charge in [0.05, 0.1) is 0 Å². The minimum atomic E-state index is -0.158. The molecule has 1 aromatic heterocycles. The molecule has 0 unspecified atom stereocenters. The Morgan fingerprint density at radius 1 is 1.00 bits per heavy atom. The lowest BCUT2D eigenvalue weighted by Gasteiger charge is -2.22. The van der Waals surface area contributed by atoms with Crippen LogP contribution in [0, 0.1) is 0 Å². The Kier molecular flexibility index (Phi) is 4.57. The molecule has 1 amide bonds. The first-order chi connectivity index (χ1) is 14.2. The van der Waals surface area contributed by atoms with Gasteiger partial charge >= 0.3 is 0 Å². The second kappa shape index (κ2) is 7.37. The second-order valence-electron chi connectivity index (χ2n) is 7.27. The van der Waals surface area contributed by atoms with E-state index in [9.17, 15) is 4.79 Å². The van der Waals surface area contributed by atoms with E-state index >= 15 is 0 Å². The van der Waals surface area contributed by atoms with Crippen LogP contribution in [-0.2, 0) is 0 Å². The summed E-state index contributed by atoms with van der Waals surface area (Å²) in [6, 6.07) is 23.1. The van der Waals surface area contributed by atoms with Crippen molar-refractivity contribution < 1.29 is 9.21 Å². The predicted molar refractivity (Wildman–Crippen MR) is 114 cm³/mol. The molecule has 3 aromatic carbocycles. The van der Waals surface area contributed by atoms with Crippen LogP contribution >= 0.6 is 11.6 Å². The molecule has 4 aromatic rings. The molecule has 1 atom stereocenters. The van der Waals surface area contributed by atoms with Crippen LogP contribution in [0.25, 0.3) is 22.2 Å². The SMILES string of the molecule is O=C(c1cccc(Cl)c1)N1CCC[C@@H]1c1nc2cc(-c3ccccc3)ccc2o1. The van der Waals surface area contributed by atoms with E-state index in [0.717, 1.165) is 35.1 Å². The minimum absolute atomic E-state index is 0.0396. The van der Waals surface area contributed by atoms with Gasteiger partial charge in [-0.15, -0.1) is 0 Å². The summed E-state index contributed by atoms with van der Waals surface area (Å²) in [6.45, 7) is 0.685. The molecule has 0 spiro atoms. The molecule has 5 rings (SSSR count). The molecular weight excluding hydrogens is 384 g/mol. The topological polar surface area (TPSA) is 46.3 Å². The van der Waals surface area contributed by atoms with Gasteiger partial charge in [0.25, 0.3) is 5.91 Å². The van der Waals surface area contributed by atoms with Gasteiger partial charge in [0.15, 0.2) is 5.58 Å². The van der Waals surface area contributed by atoms with Crippen molar-refractivity contribution >= 4 is 28.6 Å². The molecule has 0 saturated carbocycles. The highest BCUT2D eigenvalue weighted by molar-refractivity contribution is 6.30. The Labute approximate surface area is 173 Å². The third-order valence-corrected chi connectivity index (χ3v) is 5.62. The van der Waals surface area contributed by atoms with Crippen LogP contribution in [0.3, 0.4) is 0 Å². The van der Waals surface area contributed by atoms with Crippen LogP contribution in [0.1, 0.15) is 35.1 Å². The fraction of sp³-hybridized carbons (Fsp3) is 0.167. The number of carbonyl (C=O) groups is 1. The molecule has 0 bridgehead atoms. The van der Waals surface area contributed by atoms with Crippen molar-refractivity contribution in [1.82, 2.24) is 9.88 Å². The maximum atomic E-state index is 13.0. The maximum Gasteiger partial charge on any atom is 0.254 e. The monoisotopic (exact) mass is 402 g/mol. The summed E-state index contributed by atoms with van der Waals surface area (Å²) >= 11 is 6.07. The Bertz CT molecular complexity index is 1190. The van der Waals surface area contributed by atoms with Crippen LogP contribution in [0.4, 0.5) is 0 Å². The first-order valence-electron chi connectivity index (χ1n) is 9.71. The lowest BCUT2D eigenvalue weighted by molar-refractivity contribution is 0.0717. The normalized spacial score (nSPS) is 16.4. The number of carbonyl (C=O) groups excluding carboxylic acids is 1. The molecule has 1 saturated heterocycles. The summed E-state index contributed by atoms with van der Waals surface area (Å²) < 4.78 is 6.05. The van der Waals surface area contributed by atoms with Gasteiger partial charge in [0.2, 0.25) is 5.89 Å². The zero-order chi connectivity index (χ0) is 19.8. The molecule has 0 radical (unpaired) electrons. The summed E-state index contributed by atoms with van der Waals surface area (Å²) in [5.41, 5.74) is 4.37. The highest BCUT2D eigenvalue weighted by atomic mass is 35.5. The van der Waals surface area contributed by atoms with Gasteiger partial charge in [0, 0.05) is 17.1 Å². The number of fused-ring (bicyclic) bond motifs is 1. The molecule has 1 aliphatic rings. The number of likely N-dealkylation sites (tertiary alicyclic amines) is 1. The quantitative estimate of drug-likeness (QED) is 0.414. The number of hydrogen-bond acceptors (Lipinski definition) is 3. The minimum Gasteiger partial charge on any atom is -0.438 e. The van der Waals surface area contributed by atoms with Gasteiger partial charge in [-0.2, -0.15) is 0 Å². The van der Waals surface area contributed by atoms with Gasteiger partial charge in [0.1, 0.15) is 11.6 Å². The van der Waals surface area contributed by atoms with Crippen LogP contribution in [0.15, 0.2) is 77.2 Å². The first kappa shape index (κ1) is 18.0. The van der Waals surface area contributed by atoms with Crippen molar-refractivity contribution in [1.29, 1.82) is 0 Å². The molecule has 144 valence electrons. The molecule has 1 aliphatic heterocycles. The van der Waals surface area contributed by atoms with Crippen LogP contribution in [0.2, 0.25) is 5.02 Å². The highest BCUT2D eigenvalue weighted by Crippen LogP contribution is 2.35. The van der Waals surface area contributed by atoms with Crippen LogP contribution < -0.4 is 0 Å². The number of nitrogens with zero attached hydrogens (tertiary/aromatic N) is 2. The molecule has 0 N–H and O–H groups in total. The molecule has 5 heteroatoms. The Morgan fingerprint density at radius 2 is 1.86 bits per heavy atom. The fourth-order valence-electron chi connectivity index (χ4n) is 3.95. The summed E-state index contributed by atoms with van der Waals surface area (Å²) in [5.74, 6) is 0.556. The van der Waals surface area contributed by atoms with Gasteiger partial charge in [-0.3, -0.25) is 4.79 Å². The number of rotatable bonds is 3. The number of oxazole rings is 1. The number of amides is 1. The van der Waals surface area contributed by atoms with Crippen molar-refractivity contribution in [3.63, 3.8) is 0 Å². The number of aromatic nitrogens is 1. The van der Waals surface area contributed by atoms with E-state index in [4.69, 9.17) is 21.0 Å². The zero-order valence-electron chi connectivity index (χ0n) is 15.7. The molecule has 2 heterocycles. The summed E-state index contributed by atoms with van der Waals surface area (Å²) in [4.78, 5) is 19.6. The smallest absolute Gasteiger partial charge is 0.254 e. The van der Waals surface area contributed by atoms with E-state index in [2.05, 4.69) is 12.1 Å². The molecule has 0 aliphatic carbocycles. The van der Waals surface area contributed by atoms with Crippen molar-refractivity contribution in [2.45, 2.75) is 18.9 Å². The van der Waals surface area contributed by atoms with Crippen molar-refractivity contribution in [2.24, 2.45) is 0 Å². The van der Waals surface area contributed by atoms with Crippen molar-refractivity contribution in [2.75, 3.05) is 6.54 Å². The van der Waals surface area contributed by atoms with E-state index in [0.29, 0.717) is 23.0 Å². The number of halogens is 1. The Hall–Kier alpha value is -3.11. The third kappa shape index (κ3) is 3.40. The average Bonchev–Trinajstić information content (AvgIpc) is 3.40. The molecule has 1 fully saturated rings. The van der Waals surface area contributed by atoms with Crippen molar-refractivity contribution in [3.8, 4) is 11.1 Å². The van der Waals surface area contributed by atoms with Gasteiger partial charge in [-0.25, -0.2) is 4.98 Å². The van der Waals surface area contributed by atoms with E-state index < -0.39 is 0 Å². The van der Waals surface area contributed by atoms with E-state index in [1.54, 1.807) is 24.3 Å². The van der Waals surface area contributed by atoms with Crippen LogP contribution in [0.5, 0.6) is 0 Å². The third-order valence-electron chi connectivity index (χ3n) is 5.38. The van der Waals surface area contributed by atoms with E-state index in [1.165, 1.54) is 0 Å². The van der Waals surface area contributed by atoms with Gasteiger partial charge < -0.3 is 9.32 Å². The maximum absolute atomic E-state index is 13.0. The highest BCUT2D eigenvalue weighted by Gasteiger charge is 2.34. The average molecular weight is 403 g/mol. The lowest BCUT2D eigenvalue weighted by atomic mass is 10.1. The Balaban J connectivity index is 1.47. The summed E-state index contributed by atoms with van der Waals surface area (Å²) in [6.07, 6.45) is 1.76. The van der Waals surface area contributed by atoms with Crippen molar-refractivity contribution in [3.05, 3.63) is 89.3 Å². The zero-order valence-corrected chi connectivity index (χ0v) is 16.5. The Morgan fingerprint density at radius 3 is 2.69 bits per heavy atom. The fourth-order valence-corrected chi connectivity index (χ4v) is 4.14. The standard InChI is InChI=1S/C24H19ClN2O2/c25-19-9-4-8-18(14-19)24(28)27-13-5-10-21(27)23-26-20-15-17(11-12-22(20)29-23)16-6-2-1-3-7-16/h1-4,6-9,11-12,14-15,21H,5,10,13H2/t21-/m1/s1. The second-order valence-corrected chi connectivity index (χ2v) is 7.70. The predicted octanol–water partition coefficient (Wildman–Crippen LogP) is 6.13. The summed E-state index contributed by atoms with van der Waals surface area (Å²) in [7, 11) is 0. The summed E-state index contributed by atoms with van der Waals surface area (Å²) in [5, 5.41) is 0.557. The molecular formula is C24H19ClN2O2. The van der Waals surface area contributed by atoms with Crippen LogP contribution in [-0.4, -0.2) is 22.3 Å². The van der Waals surface area contributed by atoms with Gasteiger partial charge in [-0.05, 0) is 54.3 Å². The number of benzene rings is 3.